The normalized spacial score (nSPS) is 12.2. The van der Waals surface area contributed by atoms with Crippen molar-refractivity contribution >= 4 is 0 Å². The lowest BCUT2D eigenvalue weighted by Gasteiger charge is -2.23. The molecule has 0 radical (unpaired) electrons. The molecule has 0 saturated carbocycles. The van der Waals surface area contributed by atoms with Crippen molar-refractivity contribution in [3.8, 4) is 5.75 Å². The molecule has 1 N–H and O–H groups in total. The van der Waals surface area contributed by atoms with Gasteiger partial charge >= 0.3 is 0 Å². The number of rotatable bonds is 6. The first-order valence-corrected chi connectivity index (χ1v) is 7.45. The summed E-state index contributed by atoms with van der Waals surface area (Å²) >= 11 is 0. The lowest BCUT2D eigenvalue weighted by atomic mass is 9.92. The number of hydrogen-bond donors (Lipinski definition) is 1. The molecule has 1 aromatic heterocycles. The van der Waals surface area contributed by atoms with Crippen molar-refractivity contribution in [2.45, 2.75) is 33.2 Å². The van der Waals surface area contributed by atoms with Crippen LogP contribution in [0.5, 0.6) is 5.75 Å². The van der Waals surface area contributed by atoms with Crippen LogP contribution in [0.3, 0.4) is 0 Å². The highest BCUT2D eigenvalue weighted by atomic mass is 16.5. The average molecular weight is 284 g/mol. The SMILES string of the molecule is CCCNC(c1cncc(OC)c1)c1c(C)cccc1C. The van der Waals surface area contributed by atoms with E-state index in [1.165, 1.54) is 16.7 Å². The number of nitrogens with one attached hydrogen (secondary N) is 1. The Hall–Kier alpha value is -1.87. The first kappa shape index (κ1) is 15.5. The largest absolute Gasteiger partial charge is 0.495 e. The molecule has 0 aliphatic heterocycles. The maximum atomic E-state index is 5.32. The van der Waals surface area contributed by atoms with Gasteiger partial charge in [-0.15, -0.1) is 0 Å². The van der Waals surface area contributed by atoms with Crippen LogP contribution < -0.4 is 10.1 Å². The molecule has 1 aromatic carbocycles. The fourth-order valence-electron chi connectivity index (χ4n) is 2.66. The van der Waals surface area contributed by atoms with Gasteiger partial charge in [0, 0.05) is 6.20 Å². The fourth-order valence-corrected chi connectivity index (χ4v) is 2.66. The zero-order valence-electron chi connectivity index (χ0n) is 13.3. The molecule has 2 aromatic rings. The van der Waals surface area contributed by atoms with E-state index < -0.39 is 0 Å². The number of aromatic nitrogens is 1. The Bertz CT molecular complexity index is 575. The van der Waals surface area contributed by atoms with E-state index in [0.717, 1.165) is 24.3 Å². The van der Waals surface area contributed by atoms with Crippen molar-refractivity contribution in [3.63, 3.8) is 0 Å². The predicted molar refractivity (Wildman–Crippen MR) is 86.8 cm³/mol. The zero-order chi connectivity index (χ0) is 15.2. The lowest BCUT2D eigenvalue weighted by Crippen LogP contribution is -2.25. The maximum Gasteiger partial charge on any atom is 0.137 e. The van der Waals surface area contributed by atoms with Gasteiger partial charge in [0.1, 0.15) is 5.75 Å². The van der Waals surface area contributed by atoms with Crippen LogP contribution >= 0.6 is 0 Å². The first-order chi connectivity index (χ1) is 10.2. The zero-order valence-corrected chi connectivity index (χ0v) is 13.3. The first-order valence-electron chi connectivity index (χ1n) is 7.45. The third kappa shape index (κ3) is 3.61. The van der Waals surface area contributed by atoms with Crippen LogP contribution in [0.25, 0.3) is 0 Å². The summed E-state index contributed by atoms with van der Waals surface area (Å²) in [6, 6.07) is 8.64. The van der Waals surface area contributed by atoms with E-state index in [9.17, 15) is 0 Å². The van der Waals surface area contributed by atoms with Crippen molar-refractivity contribution < 1.29 is 4.74 Å². The van der Waals surface area contributed by atoms with E-state index in [-0.39, 0.29) is 6.04 Å². The smallest absolute Gasteiger partial charge is 0.137 e. The van der Waals surface area contributed by atoms with Gasteiger partial charge in [-0.2, -0.15) is 0 Å². The second kappa shape index (κ2) is 7.23. The van der Waals surface area contributed by atoms with Crippen LogP contribution in [-0.4, -0.2) is 18.6 Å². The van der Waals surface area contributed by atoms with Crippen LogP contribution in [0.4, 0.5) is 0 Å². The molecular formula is C18H24N2O. The molecule has 21 heavy (non-hydrogen) atoms. The molecule has 1 atom stereocenters. The van der Waals surface area contributed by atoms with Crippen LogP contribution in [0.1, 0.15) is 41.6 Å². The summed E-state index contributed by atoms with van der Waals surface area (Å²) in [5.74, 6) is 0.794. The van der Waals surface area contributed by atoms with E-state index in [2.05, 4.69) is 55.3 Å². The Morgan fingerprint density at radius 3 is 2.52 bits per heavy atom. The van der Waals surface area contributed by atoms with E-state index in [0.29, 0.717) is 0 Å². The summed E-state index contributed by atoms with van der Waals surface area (Å²) in [5.41, 5.74) is 5.07. The van der Waals surface area contributed by atoms with E-state index in [1.54, 1.807) is 13.3 Å². The highest BCUT2D eigenvalue weighted by Gasteiger charge is 2.18. The number of ether oxygens (including phenoxy) is 1. The minimum absolute atomic E-state index is 0.147. The van der Waals surface area contributed by atoms with Gasteiger partial charge in [0.2, 0.25) is 0 Å². The summed E-state index contributed by atoms with van der Waals surface area (Å²) in [6.45, 7) is 7.47. The van der Waals surface area contributed by atoms with Gasteiger partial charge in [-0.25, -0.2) is 0 Å². The number of aryl methyl sites for hydroxylation is 2. The van der Waals surface area contributed by atoms with E-state index in [1.807, 2.05) is 6.20 Å². The summed E-state index contributed by atoms with van der Waals surface area (Å²) < 4.78 is 5.32. The van der Waals surface area contributed by atoms with Crippen LogP contribution in [-0.2, 0) is 0 Å². The van der Waals surface area contributed by atoms with E-state index >= 15 is 0 Å². The number of pyridine rings is 1. The highest BCUT2D eigenvalue weighted by molar-refractivity contribution is 5.42. The second-order valence-corrected chi connectivity index (χ2v) is 5.35. The Labute approximate surface area is 127 Å². The van der Waals surface area contributed by atoms with Crippen molar-refractivity contribution in [2.24, 2.45) is 0 Å². The highest BCUT2D eigenvalue weighted by Crippen LogP contribution is 2.29. The lowest BCUT2D eigenvalue weighted by molar-refractivity contribution is 0.411. The standard InChI is InChI=1S/C18H24N2O/c1-5-9-20-18(15-10-16(21-4)12-19-11-15)17-13(2)7-6-8-14(17)3/h6-8,10-12,18,20H,5,9H2,1-4H3. The molecular weight excluding hydrogens is 260 g/mol. The average Bonchev–Trinajstić information content (AvgIpc) is 2.50. The molecule has 0 saturated heterocycles. The number of hydrogen-bond acceptors (Lipinski definition) is 3. The van der Waals surface area contributed by atoms with Gasteiger partial charge in [0.05, 0.1) is 19.3 Å². The molecule has 0 amide bonds. The van der Waals surface area contributed by atoms with Gasteiger partial charge < -0.3 is 10.1 Å². The topological polar surface area (TPSA) is 34.2 Å². The molecule has 0 bridgehead atoms. The van der Waals surface area contributed by atoms with Crippen molar-refractivity contribution in [1.29, 1.82) is 0 Å². The van der Waals surface area contributed by atoms with Crippen molar-refractivity contribution in [2.75, 3.05) is 13.7 Å². The Morgan fingerprint density at radius 1 is 1.19 bits per heavy atom. The Morgan fingerprint density at radius 2 is 1.90 bits per heavy atom. The molecule has 2 rings (SSSR count). The summed E-state index contributed by atoms with van der Waals surface area (Å²) in [6.07, 6.45) is 4.76. The maximum absolute atomic E-state index is 5.32. The molecule has 3 heteroatoms. The van der Waals surface area contributed by atoms with E-state index in [4.69, 9.17) is 4.74 Å². The Balaban J connectivity index is 2.47. The molecule has 0 aliphatic carbocycles. The molecule has 0 fully saturated rings. The van der Waals surface area contributed by atoms with Crippen LogP contribution in [0.2, 0.25) is 0 Å². The van der Waals surface area contributed by atoms with Gasteiger partial charge in [0.25, 0.3) is 0 Å². The second-order valence-electron chi connectivity index (χ2n) is 5.35. The Kier molecular flexibility index (Phi) is 5.34. The third-order valence-electron chi connectivity index (χ3n) is 3.73. The van der Waals surface area contributed by atoms with Crippen molar-refractivity contribution in [1.82, 2.24) is 10.3 Å². The van der Waals surface area contributed by atoms with Gasteiger partial charge in [-0.3, -0.25) is 4.98 Å². The van der Waals surface area contributed by atoms with Gasteiger partial charge in [0.15, 0.2) is 0 Å². The molecule has 1 unspecified atom stereocenters. The summed E-state index contributed by atoms with van der Waals surface area (Å²) in [7, 11) is 1.67. The molecule has 3 nitrogen and oxygen atoms in total. The molecule has 1 heterocycles. The number of benzene rings is 1. The molecule has 0 aliphatic rings. The molecule has 112 valence electrons. The number of methoxy groups -OCH3 is 1. The summed E-state index contributed by atoms with van der Waals surface area (Å²) in [5, 5.41) is 3.64. The van der Waals surface area contributed by atoms with Gasteiger partial charge in [-0.05, 0) is 55.1 Å². The quantitative estimate of drug-likeness (QED) is 0.876. The van der Waals surface area contributed by atoms with Crippen molar-refractivity contribution in [3.05, 3.63) is 58.9 Å². The van der Waals surface area contributed by atoms with Gasteiger partial charge in [-0.1, -0.05) is 25.1 Å². The third-order valence-corrected chi connectivity index (χ3v) is 3.73. The minimum atomic E-state index is 0.147. The van der Waals surface area contributed by atoms with Crippen LogP contribution in [0.15, 0.2) is 36.7 Å². The van der Waals surface area contributed by atoms with Crippen LogP contribution in [0, 0.1) is 13.8 Å². The minimum Gasteiger partial charge on any atom is -0.495 e. The predicted octanol–water partition coefficient (Wildman–Crippen LogP) is 3.80. The number of nitrogens with zero attached hydrogens (tertiary/aromatic N) is 1. The monoisotopic (exact) mass is 284 g/mol. The summed E-state index contributed by atoms with van der Waals surface area (Å²) in [4.78, 5) is 4.30. The molecule has 0 spiro atoms. The fraction of sp³-hybridized carbons (Fsp3) is 0.389.